The van der Waals surface area contributed by atoms with Crippen LogP contribution in [-0.2, 0) is 17.6 Å². The first-order valence-electron chi connectivity index (χ1n) is 13.4. The van der Waals surface area contributed by atoms with E-state index >= 15 is 0 Å². The fourth-order valence-electron chi connectivity index (χ4n) is 5.87. The average Bonchev–Trinajstić information content (AvgIpc) is 3.53. The highest BCUT2D eigenvalue weighted by Gasteiger charge is 2.44. The van der Waals surface area contributed by atoms with E-state index in [1.807, 2.05) is 50.2 Å². The van der Waals surface area contributed by atoms with Crippen molar-refractivity contribution in [3.05, 3.63) is 94.5 Å². The molecule has 0 amide bonds. The molecule has 0 radical (unpaired) electrons. The van der Waals surface area contributed by atoms with Gasteiger partial charge in [-0.05, 0) is 91.3 Å². The zero-order chi connectivity index (χ0) is 26.0. The van der Waals surface area contributed by atoms with Crippen molar-refractivity contribution in [2.24, 2.45) is 5.92 Å². The van der Waals surface area contributed by atoms with Gasteiger partial charge in [0.15, 0.2) is 0 Å². The molecular weight excluding hydrogens is 462 g/mol. The van der Waals surface area contributed by atoms with Crippen LogP contribution in [0.5, 0.6) is 0 Å². The number of aliphatic hydroxyl groups excluding tert-OH is 1. The third kappa shape index (κ3) is 5.96. The Hall–Kier alpha value is -2.99. The first-order chi connectivity index (χ1) is 17.8. The van der Waals surface area contributed by atoms with Crippen molar-refractivity contribution in [2.75, 3.05) is 13.2 Å². The maximum atomic E-state index is 11.4. The lowest BCUT2D eigenvalue weighted by Gasteiger charge is -2.24. The van der Waals surface area contributed by atoms with Crippen molar-refractivity contribution in [1.29, 1.82) is 0 Å². The van der Waals surface area contributed by atoms with E-state index < -0.39 is 12.1 Å². The second-order valence-electron chi connectivity index (χ2n) is 11.0. The number of ether oxygens (including phenoxy) is 1. The van der Waals surface area contributed by atoms with Gasteiger partial charge in [-0.1, -0.05) is 60.7 Å². The SMILES string of the molecule is Cc1cc(-c2ccccc2C(C)OC[C@H](O)CNC2(CC3Cc4ccccc4C3)CC2)ccc1C(=O)O. The van der Waals surface area contributed by atoms with Gasteiger partial charge in [-0.3, -0.25) is 0 Å². The highest BCUT2D eigenvalue weighted by atomic mass is 16.5. The molecular formula is C32H37NO4. The summed E-state index contributed by atoms with van der Waals surface area (Å²) in [6.07, 6.45) is 5.07. The minimum absolute atomic E-state index is 0.172. The fourth-order valence-corrected chi connectivity index (χ4v) is 5.87. The van der Waals surface area contributed by atoms with Gasteiger partial charge in [0.1, 0.15) is 0 Å². The van der Waals surface area contributed by atoms with Crippen LogP contribution in [0.15, 0.2) is 66.7 Å². The molecule has 37 heavy (non-hydrogen) atoms. The molecule has 1 fully saturated rings. The van der Waals surface area contributed by atoms with Crippen LogP contribution >= 0.6 is 0 Å². The van der Waals surface area contributed by atoms with E-state index in [9.17, 15) is 15.0 Å². The van der Waals surface area contributed by atoms with Crippen LogP contribution < -0.4 is 5.32 Å². The Bertz CT molecular complexity index is 1240. The van der Waals surface area contributed by atoms with Gasteiger partial charge in [-0.15, -0.1) is 0 Å². The number of hydrogen-bond donors (Lipinski definition) is 3. The number of nitrogens with one attached hydrogen (secondary N) is 1. The molecule has 5 rings (SSSR count). The summed E-state index contributed by atoms with van der Waals surface area (Å²) in [7, 11) is 0. The summed E-state index contributed by atoms with van der Waals surface area (Å²) < 4.78 is 6.12. The Morgan fingerprint density at radius 2 is 1.73 bits per heavy atom. The summed E-state index contributed by atoms with van der Waals surface area (Å²) in [5, 5.41) is 23.7. The van der Waals surface area contributed by atoms with Gasteiger partial charge in [-0.25, -0.2) is 4.79 Å². The van der Waals surface area contributed by atoms with Crippen molar-refractivity contribution in [2.45, 2.75) is 63.7 Å². The Morgan fingerprint density at radius 1 is 1.05 bits per heavy atom. The van der Waals surface area contributed by atoms with Crippen LogP contribution in [0, 0.1) is 12.8 Å². The molecule has 5 nitrogen and oxygen atoms in total. The summed E-state index contributed by atoms with van der Waals surface area (Å²) in [6, 6.07) is 22.2. The molecule has 0 heterocycles. The summed E-state index contributed by atoms with van der Waals surface area (Å²) >= 11 is 0. The number of carbonyl (C=O) groups is 1. The lowest BCUT2D eigenvalue weighted by Crippen LogP contribution is -2.40. The van der Waals surface area contributed by atoms with Gasteiger partial charge in [0.05, 0.1) is 24.4 Å². The lowest BCUT2D eigenvalue weighted by molar-refractivity contribution is -0.00329. The van der Waals surface area contributed by atoms with Crippen molar-refractivity contribution < 1.29 is 19.7 Å². The number of β-amino-alcohol motifs (C(OH)–C–C–N with tert-alkyl or cyclic N) is 1. The van der Waals surface area contributed by atoms with E-state index in [0.717, 1.165) is 22.3 Å². The normalized spacial score (nSPS) is 17.8. The number of carboxylic acid groups (broad SMARTS) is 1. The van der Waals surface area contributed by atoms with Crippen LogP contribution in [-0.4, -0.2) is 41.0 Å². The van der Waals surface area contributed by atoms with Crippen LogP contribution in [0.2, 0.25) is 0 Å². The molecule has 3 aromatic rings. The van der Waals surface area contributed by atoms with Crippen molar-refractivity contribution in [3.8, 4) is 11.1 Å². The van der Waals surface area contributed by atoms with Crippen LogP contribution in [0.1, 0.15) is 64.9 Å². The lowest BCUT2D eigenvalue weighted by atomic mass is 9.94. The van der Waals surface area contributed by atoms with Gasteiger partial charge in [0, 0.05) is 12.1 Å². The Morgan fingerprint density at radius 3 is 2.38 bits per heavy atom. The van der Waals surface area contributed by atoms with E-state index in [1.165, 1.54) is 43.2 Å². The largest absolute Gasteiger partial charge is 0.478 e. The molecule has 1 unspecified atom stereocenters. The predicted octanol–water partition coefficient (Wildman–Crippen LogP) is 5.73. The fraction of sp³-hybridized carbons (Fsp3) is 0.406. The van der Waals surface area contributed by atoms with Crippen molar-refractivity contribution in [1.82, 2.24) is 5.32 Å². The first-order valence-corrected chi connectivity index (χ1v) is 13.4. The zero-order valence-electron chi connectivity index (χ0n) is 21.7. The molecule has 0 spiro atoms. The molecule has 0 aliphatic heterocycles. The Balaban J connectivity index is 1.14. The molecule has 3 N–H and O–H groups in total. The van der Waals surface area contributed by atoms with E-state index in [-0.39, 0.29) is 18.2 Å². The maximum Gasteiger partial charge on any atom is 0.335 e. The minimum Gasteiger partial charge on any atom is -0.478 e. The minimum atomic E-state index is -0.919. The number of benzene rings is 3. The van der Waals surface area contributed by atoms with Crippen LogP contribution in [0.4, 0.5) is 0 Å². The summed E-state index contributed by atoms with van der Waals surface area (Å²) in [5.41, 5.74) is 7.20. The van der Waals surface area contributed by atoms with Gasteiger partial charge < -0.3 is 20.3 Å². The molecule has 2 aliphatic carbocycles. The van der Waals surface area contributed by atoms with Crippen molar-refractivity contribution in [3.63, 3.8) is 0 Å². The Kier molecular flexibility index (Phi) is 7.47. The molecule has 0 aromatic heterocycles. The van der Waals surface area contributed by atoms with E-state index in [1.54, 1.807) is 6.07 Å². The molecule has 0 saturated heterocycles. The second kappa shape index (κ2) is 10.8. The third-order valence-electron chi connectivity index (χ3n) is 8.09. The van der Waals surface area contributed by atoms with Crippen LogP contribution in [0.3, 0.4) is 0 Å². The van der Waals surface area contributed by atoms with E-state index in [2.05, 4.69) is 29.6 Å². The van der Waals surface area contributed by atoms with Crippen LogP contribution in [0.25, 0.3) is 11.1 Å². The second-order valence-corrected chi connectivity index (χ2v) is 11.0. The number of rotatable bonds is 11. The molecule has 5 heteroatoms. The predicted molar refractivity (Wildman–Crippen MR) is 146 cm³/mol. The summed E-state index contributed by atoms with van der Waals surface area (Å²) in [4.78, 5) is 11.4. The number of carboxylic acids is 1. The molecule has 3 aromatic carbocycles. The number of aryl methyl sites for hydroxylation is 1. The third-order valence-corrected chi connectivity index (χ3v) is 8.09. The number of hydrogen-bond acceptors (Lipinski definition) is 4. The Labute approximate surface area is 219 Å². The molecule has 2 atom stereocenters. The smallest absolute Gasteiger partial charge is 0.335 e. The quantitative estimate of drug-likeness (QED) is 0.314. The molecule has 2 aliphatic rings. The average molecular weight is 500 g/mol. The zero-order valence-corrected chi connectivity index (χ0v) is 21.7. The molecule has 0 bridgehead atoms. The highest BCUT2D eigenvalue weighted by Crippen LogP contribution is 2.44. The summed E-state index contributed by atoms with van der Waals surface area (Å²) in [6.45, 7) is 4.60. The van der Waals surface area contributed by atoms with Crippen molar-refractivity contribution >= 4 is 5.97 Å². The van der Waals surface area contributed by atoms with Gasteiger partial charge in [0.25, 0.3) is 0 Å². The highest BCUT2D eigenvalue weighted by molar-refractivity contribution is 5.90. The monoisotopic (exact) mass is 499 g/mol. The van der Waals surface area contributed by atoms with Gasteiger partial charge in [0.2, 0.25) is 0 Å². The van der Waals surface area contributed by atoms with Gasteiger partial charge in [-0.2, -0.15) is 0 Å². The van der Waals surface area contributed by atoms with E-state index in [4.69, 9.17) is 4.74 Å². The topological polar surface area (TPSA) is 78.8 Å². The molecule has 1 saturated carbocycles. The number of aromatic carboxylic acids is 1. The maximum absolute atomic E-state index is 11.4. The standard InChI is InChI=1S/C32H37NO4/c1-21-15-26(11-12-28(21)31(35)36)30-10-6-5-9-29(30)22(2)37-20-27(34)19-33-32(13-14-32)18-23-16-24-7-3-4-8-25(24)17-23/h3-12,15,22-23,27,33-34H,13-14,16-20H2,1-2H3,(H,35,36)/t22?,27-/m1/s1. The summed E-state index contributed by atoms with van der Waals surface area (Å²) in [5.74, 6) is -0.233. The number of fused-ring (bicyclic) bond motifs is 1. The van der Waals surface area contributed by atoms with E-state index in [0.29, 0.717) is 18.0 Å². The first kappa shape index (κ1) is 25.7. The van der Waals surface area contributed by atoms with Gasteiger partial charge >= 0.3 is 5.97 Å². The number of aliphatic hydroxyl groups is 1. The molecule has 194 valence electrons.